The molecule has 2 N–H and O–H groups in total. The summed E-state index contributed by atoms with van der Waals surface area (Å²) in [6.45, 7) is 4.26. The lowest BCUT2D eigenvalue weighted by Gasteiger charge is -2.36. The van der Waals surface area contributed by atoms with Gasteiger partial charge < -0.3 is 20.1 Å². The first-order valence-corrected chi connectivity index (χ1v) is 15.5. The van der Waals surface area contributed by atoms with Crippen molar-refractivity contribution in [2.75, 3.05) is 57.7 Å². The Kier molecular flexibility index (Phi) is 9.48. The summed E-state index contributed by atoms with van der Waals surface area (Å²) in [5, 5.41) is 21.5. The number of likely N-dealkylation sites (tertiary alicyclic amines) is 1. The Morgan fingerprint density at radius 2 is 1.89 bits per heavy atom. The number of carboxylic acids is 1. The number of nitrogens with one attached hydrogen (secondary N) is 1. The minimum atomic E-state index is -1.21. The fourth-order valence-electron chi connectivity index (χ4n) is 6.05. The third-order valence-corrected chi connectivity index (χ3v) is 8.83. The molecule has 4 aromatic rings. The Hall–Kier alpha value is -4.84. The van der Waals surface area contributed by atoms with Gasteiger partial charge in [-0.3, -0.25) is 23.8 Å². The number of piperazine rings is 1. The van der Waals surface area contributed by atoms with Crippen LogP contribution in [0.1, 0.15) is 23.2 Å². The Balaban J connectivity index is 1.10. The van der Waals surface area contributed by atoms with Crippen LogP contribution in [0.2, 0.25) is 5.02 Å². The van der Waals surface area contributed by atoms with Gasteiger partial charge in [-0.1, -0.05) is 11.6 Å². The predicted molar refractivity (Wildman–Crippen MR) is 169 cm³/mol. The number of ether oxygens (including phenoxy) is 1. The molecule has 0 aliphatic carbocycles. The molecule has 2 aromatic heterocycles. The van der Waals surface area contributed by atoms with E-state index in [4.69, 9.17) is 21.6 Å². The Morgan fingerprint density at radius 3 is 2.64 bits per heavy atom. The van der Waals surface area contributed by atoms with Crippen LogP contribution in [0.5, 0.6) is 5.75 Å². The monoisotopic (exact) mass is 664 g/mol. The number of aliphatic carboxylic acids is 1. The summed E-state index contributed by atoms with van der Waals surface area (Å²) in [6, 6.07) is 8.87. The second kappa shape index (κ2) is 13.9. The molecule has 0 saturated carbocycles. The summed E-state index contributed by atoms with van der Waals surface area (Å²) >= 11 is 6.58. The van der Waals surface area contributed by atoms with Gasteiger partial charge in [0.05, 0.1) is 22.5 Å². The molecular formula is C32H31ClF2N8O4. The highest BCUT2D eigenvalue weighted by atomic mass is 35.5. The molecule has 2 aliphatic heterocycles. The standard InChI is InChI=1S/C32H31ClF2N8O4/c33-23-18-20(3-4-21(23)31(44)42-15-12-40(13-16-42)11-14-41-9-1-2-24(41)32(45)46)39-29-30-38-19-25(43(30)10-8-37-29)22-5-6-26(47-17-7-36)28(35)27(22)34/h3-6,8,10,18-19,24H,1-2,9,11-17H2,(H,37,39)(H,45,46)/t24-/m0/s1. The Bertz CT molecular complexity index is 1860. The largest absolute Gasteiger partial charge is 0.480 e. The zero-order valence-electron chi connectivity index (χ0n) is 25.2. The number of anilines is 2. The first kappa shape index (κ1) is 32.1. The van der Waals surface area contributed by atoms with Gasteiger partial charge >= 0.3 is 5.97 Å². The van der Waals surface area contributed by atoms with Crippen LogP contribution in [-0.4, -0.2) is 105 Å². The third-order valence-electron chi connectivity index (χ3n) is 8.52. The highest BCUT2D eigenvalue weighted by Crippen LogP contribution is 2.32. The van der Waals surface area contributed by atoms with Gasteiger partial charge in [0.25, 0.3) is 5.91 Å². The number of rotatable bonds is 10. The van der Waals surface area contributed by atoms with Crippen molar-refractivity contribution in [3.8, 4) is 23.1 Å². The van der Waals surface area contributed by atoms with E-state index in [9.17, 15) is 23.5 Å². The van der Waals surface area contributed by atoms with Crippen molar-refractivity contribution in [1.82, 2.24) is 29.1 Å². The van der Waals surface area contributed by atoms with Gasteiger partial charge in [0.1, 0.15) is 12.1 Å². The predicted octanol–water partition coefficient (Wildman–Crippen LogP) is 4.28. The molecule has 2 fully saturated rings. The number of hydrogen-bond acceptors (Lipinski definition) is 9. The zero-order valence-corrected chi connectivity index (χ0v) is 26.0. The second-order valence-corrected chi connectivity index (χ2v) is 11.7. The van der Waals surface area contributed by atoms with E-state index in [-0.39, 0.29) is 27.9 Å². The topological polar surface area (TPSA) is 139 Å². The van der Waals surface area contributed by atoms with E-state index in [0.29, 0.717) is 61.9 Å². The van der Waals surface area contributed by atoms with Gasteiger partial charge in [0.2, 0.25) is 5.82 Å². The van der Waals surface area contributed by atoms with E-state index in [1.807, 2.05) is 4.90 Å². The van der Waals surface area contributed by atoms with Crippen molar-refractivity contribution < 1.29 is 28.2 Å². The normalized spacial score (nSPS) is 17.1. The number of nitriles is 1. The van der Waals surface area contributed by atoms with Crippen LogP contribution in [-0.2, 0) is 4.79 Å². The molecule has 6 rings (SSSR count). The molecule has 2 aliphatic rings. The summed E-state index contributed by atoms with van der Waals surface area (Å²) < 4.78 is 36.1. The van der Waals surface area contributed by atoms with E-state index < -0.39 is 30.3 Å². The van der Waals surface area contributed by atoms with Gasteiger partial charge in [-0.25, -0.2) is 14.4 Å². The summed E-state index contributed by atoms with van der Waals surface area (Å²) in [6.07, 6.45) is 6.02. The van der Waals surface area contributed by atoms with Crippen molar-refractivity contribution in [2.45, 2.75) is 18.9 Å². The lowest BCUT2D eigenvalue weighted by Crippen LogP contribution is -2.51. The maximum absolute atomic E-state index is 15.0. The molecule has 0 bridgehead atoms. The van der Waals surface area contributed by atoms with Crippen LogP contribution in [0.15, 0.2) is 48.9 Å². The first-order chi connectivity index (χ1) is 22.7. The molecule has 4 heterocycles. The van der Waals surface area contributed by atoms with Crippen LogP contribution in [0.4, 0.5) is 20.3 Å². The molecule has 2 saturated heterocycles. The Morgan fingerprint density at radius 1 is 1.09 bits per heavy atom. The van der Waals surface area contributed by atoms with Crippen molar-refractivity contribution in [2.24, 2.45) is 0 Å². The van der Waals surface area contributed by atoms with Gasteiger partial charge in [-0.05, 0) is 49.7 Å². The molecule has 47 heavy (non-hydrogen) atoms. The van der Waals surface area contributed by atoms with E-state index in [2.05, 4.69) is 20.2 Å². The van der Waals surface area contributed by atoms with Crippen molar-refractivity contribution >= 4 is 40.6 Å². The fourth-order valence-corrected chi connectivity index (χ4v) is 6.31. The number of nitrogens with zero attached hydrogens (tertiary/aromatic N) is 7. The molecule has 0 unspecified atom stereocenters. The minimum absolute atomic E-state index is 0.0541. The highest BCUT2D eigenvalue weighted by Gasteiger charge is 2.31. The van der Waals surface area contributed by atoms with Crippen molar-refractivity contribution in [3.63, 3.8) is 0 Å². The Labute approximate surface area is 273 Å². The average Bonchev–Trinajstić information content (AvgIpc) is 3.73. The maximum atomic E-state index is 15.0. The highest BCUT2D eigenvalue weighted by molar-refractivity contribution is 6.34. The lowest BCUT2D eigenvalue weighted by molar-refractivity contribution is -0.142. The van der Waals surface area contributed by atoms with Gasteiger partial charge in [0.15, 0.2) is 29.6 Å². The number of fused-ring (bicyclic) bond motifs is 1. The quantitative estimate of drug-likeness (QED) is 0.253. The fraction of sp³-hybridized carbons (Fsp3) is 0.344. The molecule has 15 heteroatoms. The second-order valence-electron chi connectivity index (χ2n) is 11.3. The number of hydrogen-bond donors (Lipinski definition) is 2. The number of imidazole rings is 1. The molecular weight excluding hydrogens is 634 g/mol. The number of amides is 1. The number of carbonyl (C=O) groups excluding carboxylic acids is 1. The van der Waals surface area contributed by atoms with Gasteiger partial charge in [-0.15, -0.1) is 0 Å². The average molecular weight is 665 g/mol. The summed E-state index contributed by atoms with van der Waals surface area (Å²) in [5.74, 6) is -3.33. The zero-order chi connectivity index (χ0) is 33.1. The van der Waals surface area contributed by atoms with Crippen LogP contribution in [0.25, 0.3) is 16.9 Å². The molecule has 2 aromatic carbocycles. The number of halogens is 3. The van der Waals surface area contributed by atoms with Crippen molar-refractivity contribution in [1.29, 1.82) is 5.26 Å². The van der Waals surface area contributed by atoms with Gasteiger partial charge in [0, 0.05) is 62.9 Å². The van der Waals surface area contributed by atoms with Crippen LogP contribution in [0, 0.1) is 23.0 Å². The number of carboxylic acid groups (broad SMARTS) is 1. The molecule has 244 valence electrons. The summed E-state index contributed by atoms with van der Waals surface area (Å²) in [7, 11) is 0. The first-order valence-electron chi connectivity index (χ1n) is 15.1. The molecule has 0 radical (unpaired) electrons. The third kappa shape index (κ3) is 6.69. The number of carbonyl (C=O) groups is 2. The minimum Gasteiger partial charge on any atom is -0.480 e. The van der Waals surface area contributed by atoms with E-state index in [1.54, 1.807) is 39.8 Å². The smallest absolute Gasteiger partial charge is 0.320 e. The summed E-state index contributed by atoms with van der Waals surface area (Å²) in [5.41, 5.74) is 1.46. The number of aromatic nitrogens is 3. The molecule has 12 nitrogen and oxygen atoms in total. The molecule has 1 atom stereocenters. The van der Waals surface area contributed by atoms with E-state index in [0.717, 1.165) is 19.5 Å². The lowest BCUT2D eigenvalue weighted by atomic mass is 10.1. The van der Waals surface area contributed by atoms with Gasteiger partial charge in [-0.2, -0.15) is 9.65 Å². The van der Waals surface area contributed by atoms with E-state index in [1.165, 1.54) is 24.5 Å². The van der Waals surface area contributed by atoms with Crippen LogP contribution < -0.4 is 10.1 Å². The van der Waals surface area contributed by atoms with Crippen LogP contribution in [0.3, 0.4) is 0 Å². The number of benzene rings is 2. The van der Waals surface area contributed by atoms with Crippen molar-refractivity contribution in [3.05, 3.63) is 71.1 Å². The van der Waals surface area contributed by atoms with Crippen LogP contribution >= 0.6 is 11.6 Å². The molecule has 1 amide bonds. The van der Waals surface area contributed by atoms with E-state index >= 15 is 0 Å². The SMILES string of the molecule is N#CCOc1ccc(-c2cnc3c(Nc4ccc(C(=O)N5CCN(CCN6CCC[C@H]6C(=O)O)CC5)c(Cl)c4)nccn23)c(F)c1F. The summed E-state index contributed by atoms with van der Waals surface area (Å²) in [4.78, 5) is 39.5. The molecule has 0 spiro atoms. The maximum Gasteiger partial charge on any atom is 0.320 e.